The van der Waals surface area contributed by atoms with Crippen LogP contribution in [0.3, 0.4) is 0 Å². The van der Waals surface area contributed by atoms with Crippen LogP contribution in [0, 0.1) is 5.82 Å². The number of carboxylic acid groups (broad SMARTS) is 1. The number of ether oxygens (including phenoxy) is 1. The van der Waals surface area contributed by atoms with Crippen LogP contribution in [0.4, 0.5) is 4.39 Å². The molecule has 7 nitrogen and oxygen atoms in total. The molecule has 0 amide bonds. The van der Waals surface area contributed by atoms with Crippen LogP contribution in [0.25, 0.3) is 0 Å². The third-order valence-corrected chi connectivity index (χ3v) is 2.95. The van der Waals surface area contributed by atoms with Crippen molar-refractivity contribution >= 4 is 5.97 Å². The Morgan fingerprint density at radius 1 is 1.39 bits per heavy atom. The maximum absolute atomic E-state index is 12.8. The van der Waals surface area contributed by atoms with Crippen LogP contribution in [0.15, 0.2) is 28.8 Å². The summed E-state index contributed by atoms with van der Waals surface area (Å²) in [7, 11) is 0. The predicted octanol–water partition coefficient (Wildman–Crippen LogP) is 2.08. The minimum absolute atomic E-state index is 0.0852. The molecule has 0 saturated carbocycles. The zero-order valence-corrected chi connectivity index (χ0v) is 12.7. The molecule has 23 heavy (non-hydrogen) atoms. The number of aliphatic carboxylic acids is 1. The monoisotopic (exact) mass is 323 g/mol. The lowest BCUT2D eigenvalue weighted by molar-refractivity contribution is -0.138. The van der Waals surface area contributed by atoms with Crippen LogP contribution >= 0.6 is 0 Å². The molecule has 1 aromatic carbocycles. The van der Waals surface area contributed by atoms with Gasteiger partial charge < -0.3 is 14.4 Å². The van der Waals surface area contributed by atoms with Crippen LogP contribution in [0.2, 0.25) is 0 Å². The molecule has 0 aliphatic rings. The summed E-state index contributed by atoms with van der Waals surface area (Å²) in [6, 6.07) is 5.61. The van der Waals surface area contributed by atoms with Gasteiger partial charge in [0.2, 0.25) is 11.7 Å². The van der Waals surface area contributed by atoms with Gasteiger partial charge in [-0.1, -0.05) is 12.1 Å². The topological polar surface area (TPSA) is 88.7 Å². The van der Waals surface area contributed by atoms with Gasteiger partial charge in [0.15, 0.2) is 6.61 Å². The molecule has 0 aliphatic heterocycles. The van der Waals surface area contributed by atoms with Crippen molar-refractivity contribution in [2.24, 2.45) is 0 Å². The molecule has 2 rings (SSSR count). The van der Waals surface area contributed by atoms with E-state index < -0.39 is 5.97 Å². The normalized spacial score (nSPS) is 10.9. The first-order chi connectivity index (χ1) is 11.1. The van der Waals surface area contributed by atoms with Crippen molar-refractivity contribution in [3.8, 4) is 5.75 Å². The van der Waals surface area contributed by atoms with E-state index in [-0.39, 0.29) is 25.5 Å². The Balaban J connectivity index is 1.88. The van der Waals surface area contributed by atoms with Gasteiger partial charge in [0, 0.05) is 0 Å². The quantitative estimate of drug-likeness (QED) is 0.755. The van der Waals surface area contributed by atoms with Crippen LogP contribution in [0.1, 0.15) is 25.1 Å². The van der Waals surface area contributed by atoms with Crippen LogP contribution < -0.4 is 4.74 Å². The van der Waals surface area contributed by atoms with Gasteiger partial charge in [-0.3, -0.25) is 9.69 Å². The average molecular weight is 323 g/mol. The molecule has 1 aromatic heterocycles. The molecule has 1 heterocycles. The smallest absolute Gasteiger partial charge is 0.317 e. The van der Waals surface area contributed by atoms with Crippen molar-refractivity contribution < 1.29 is 23.6 Å². The van der Waals surface area contributed by atoms with Crippen molar-refractivity contribution in [1.82, 2.24) is 15.0 Å². The minimum Gasteiger partial charge on any atom is -0.485 e. The molecule has 0 aliphatic carbocycles. The minimum atomic E-state index is -0.905. The van der Waals surface area contributed by atoms with Crippen LogP contribution in [-0.4, -0.2) is 39.2 Å². The van der Waals surface area contributed by atoms with Gasteiger partial charge >= 0.3 is 5.97 Å². The third-order valence-electron chi connectivity index (χ3n) is 2.95. The molecular formula is C15H18FN3O4. The molecule has 0 unspecified atom stereocenters. The summed E-state index contributed by atoms with van der Waals surface area (Å²) in [5.74, 6) is -0.0729. The Kier molecular flexibility index (Phi) is 6.04. The number of rotatable bonds is 9. The molecule has 2 aromatic rings. The first-order valence-corrected chi connectivity index (χ1v) is 7.20. The van der Waals surface area contributed by atoms with Crippen LogP contribution in [-0.2, 0) is 17.9 Å². The number of aromatic nitrogens is 2. The Morgan fingerprint density at radius 3 is 2.78 bits per heavy atom. The molecule has 0 spiro atoms. The van der Waals surface area contributed by atoms with Crippen molar-refractivity contribution in [2.75, 3.05) is 13.1 Å². The van der Waals surface area contributed by atoms with Gasteiger partial charge in [0.1, 0.15) is 11.6 Å². The van der Waals surface area contributed by atoms with E-state index in [4.69, 9.17) is 14.4 Å². The molecule has 0 atom stereocenters. The maximum atomic E-state index is 12.8. The molecule has 1 N–H and O–H groups in total. The number of hydrogen-bond donors (Lipinski definition) is 1. The zero-order valence-electron chi connectivity index (χ0n) is 12.7. The molecule has 124 valence electrons. The Bertz CT molecular complexity index is 630. The second-order valence-corrected chi connectivity index (χ2v) is 4.95. The highest BCUT2D eigenvalue weighted by atomic mass is 19.1. The second-order valence-electron chi connectivity index (χ2n) is 4.95. The first kappa shape index (κ1) is 16.9. The summed E-state index contributed by atoms with van der Waals surface area (Å²) < 4.78 is 23.3. The number of halogens is 1. The lowest BCUT2D eigenvalue weighted by Gasteiger charge is -2.16. The summed E-state index contributed by atoms with van der Waals surface area (Å²) in [5.41, 5.74) is 0. The number of nitrogens with zero attached hydrogens (tertiary/aromatic N) is 3. The van der Waals surface area contributed by atoms with Crippen molar-refractivity contribution in [3.63, 3.8) is 0 Å². The predicted molar refractivity (Wildman–Crippen MR) is 78.2 cm³/mol. The fourth-order valence-corrected chi connectivity index (χ4v) is 2.00. The molecule has 8 heteroatoms. The molecule has 0 bridgehead atoms. The van der Waals surface area contributed by atoms with E-state index in [1.807, 2.05) is 6.92 Å². The lowest BCUT2D eigenvalue weighted by Crippen LogP contribution is -2.30. The highest BCUT2D eigenvalue weighted by molar-refractivity contribution is 5.69. The molecule has 0 radical (unpaired) electrons. The SMILES string of the molecule is CCCN(CC(=O)O)Cc1nc(COc2ccc(F)cc2)no1. The van der Waals surface area contributed by atoms with E-state index in [1.54, 1.807) is 4.90 Å². The highest BCUT2D eigenvalue weighted by Crippen LogP contribution is 2.13. The maximum Gasteiger partial charge on any atom is 0.317 e. The number of carbonyl (C=O) groups is 1. The molecule has 0 fully saturated rings. The van der Waals surface area contributed by atoms with E-state index in [0.29, 0.717) is 24.0 Å². The summed E-state index contributed by atoms with van der Waals surface area (Å²) in [6.07, 6.45) is 0.821. The first-order valence-electron chi connectivity index (χ1n) is 7.20. The van der Waals surface area contributed by atoms with E-state index >= 15 is 0 Å². The van der Waals surface area contributed by atoms with Gasteiger partial charge in [-0.15, -0.1) is 0 Å². The van der Waals surface area contributed by atoms with Crippen LogP contribution in [0.5, 0.6) is 5.75 Å². The number of carboxylic acids is 1. The molecular weight excluding hydrogens is 305 g/mol. The van der Waals surface area contributed by atoms with E-state index in [2.05, 4.69) is 10.1 Å². The Labute approximate surface area is 132 Å². The summed E-state index contributed by atoms with van der Waals surface area (Å²) in [4.78, 5) is 16.7. The van der Waals surface area contributed by atoms with E-state index in [9.17, 15) is 9.18 Å². The van der Waals surface area contributed by atoms with Gasteiger partial charge in [-0.25, -0.2) is 4.39 Å². The Morgan fingerprint density at radius 2 is 2.13 bits per heavy atom. The molecule has 0 saturated heterocycles. The third kappa shape index (κ3) is 5.67. The standard InChI is InChI=1S/C15H18FN3O4/c1-2-7-19(9-15(20)21)8-14-17-13(18-23-14)10-22-12-5-3-11(16)4-6-12/h3-6H,2,7-10H2,1H3,(H,20,21). The summed E-state index contributed by atoms with van der Waals surface area (Å²) >= 11 is 0. The van der Waals surface area contributed by atoms with E-state index in [1.165, 1.54) is 24.3 Å². The van der Waals surface area contributed by atoms with Gasteiger partial charge in [-0.2, -0.15) is 4.98 Å². The highest BCUT2D eigenvalue weighted by Gasteiger charge is 2.14. The van der Waals surface area contributed by atoms with Crippen molar-refractivity contribution in [1.29, 1.82) is 0 Å². The van der Waals surface area contributed by atoms with Gasteiger partial charge in [-0.05, 0) is 37.2 Å². The van der Waals surface area contributed by atoms with E-state index in [0.717, 1.165) is 6.42 Å². The average Bonchev–Trinajstić information content (AvgIpc) is 2.94. The summed E-state index contributed by atoms with van der Waals surface area (Å²) in [5, 5.41) is 12.7. The zero-order chi connectivity index (χ0) is 16.7. The van der Waals surface area contributed by atoms with Crippen molar-refractivity contribution in [3.05, 3.63) is 41.8 Å². The number of benzene rings is 1. The lowest BCUT2D eigenvalue weighted by atomic mass is 10.3. The second kappa shape index (κ2) is 8.23. The summed E-state index contributed by atoms with van der Waals surface area (Å²) in [6.45, 7) is 2.85. The fraction of sp³-hybridized carbons (Fsp3) is 0.400. The largest absolute Gasteiger partial charge is 0.485 e. The fourth-order valence-electron chi connectivity index (χ4n) is 2.00. The van der Waals surface area contributed by atoms with Gasteiger partial charge in [0.25, 0.3) is 0 Å². The Hall–Kier alpha value is -2.48. The van der Waals surface area contributed by atoms with Gasteiger partial charge in [0.05, 0.1) is 13.1 Å². The van der Waals surface area contributed by atoms with Crippen molar-refractivity contribution in [2.45, 2.75) is 26.5 Å². The number of hydrogen-bond acceptors (Lipinski definition) is 6.